The number of rotatable bonds is 5. The number of nitrogens with one attached hydrogen (secondary N) is 1. The largest absolute Gasteiger partial charge is 0.383 e. The number of nitro benzene ring substituents is 1. The Bertz CT molecular complexity index is 379. The van der Waals surface area contributed by atoms with Crippen LogP contribution in [0.25, 0.3) is 0 Å². The van der Waals surface area contributed by atoms with E-state index in [9.17, 15) is 10.1 Å². The predicted molar refractivity (Wildman–Crippen MR) is 64.6 cm³/mol. The Morgan fingerprint density at radius 2 is 2.19 bits per heavy atom. The van der Waals surface area contributed by atoms with E-state index in [4.69, 9.17) is 5.73 Å². The van der Waals surface area contributed by atoms with Crippen LogP contribution in [0.4, 0.5) is 11.4 Å². The van der Waals surface area contributed by atoms with Crippen LogP contribution < -0.4 is 11.1 Å². The molecule has 5 heteroatoms. The first-order valence-corrected chi connectivity index (χ1v) is 5.28. The minimum absolute atomic E-state index is 0.0690. The van der Waals surface area contributed by atoms with Crippen LogP contribution in [0.1, 0.15) is 18.9 Å². The van der Waals surface area contributed by atoms with Crippen molar-refractivity contribution < 1.29 is 4.92 Å². The second-order valence-corrected chi connectivity index (χ2v) is 3.86. The maximum Gasteiger partial charge on any atom is 0.271 e. The van der Waals surface area contributed by atoms with E-state index in [1.54, 1.807) is 6.07 Å². The highest BCUT2D eigenvalue weighted by atomic mass is 16.6. The summed E-state index contributed by atoms with van der Waals surface area (Å²) < 4.78 is 0. The molecule has 1 aromatic rings. The van der Waals surface area contributed by atoms with Crippen molar-refractivity contribution in [1.29, 1.82) is 0 Å². The highest BCUT2D eigenvalue weighted by molar-refractivity contribution is 5.53. The zero-order valence-electron chi connectivity index (χ0n) is 9.56. The third kappa shape index (κ3) is 3.51. The number of hydrogen-bond acceptors (Lipinski definition) is 4. The number of non-ortho nitro benzene ring substituents is 1. The van der Waals surface area contributed by atoms with Gasteiger partial charge in [-0.15, -0.1) is 0 Å². The molecule has 1 rings (SSSR count). The van der Waals surface area contributed by atoms with Crippen molar-refractivity contribution in [2.45, 2.75) is 26.3 Å². The lowest BCUT2D eigenvalue weighted by atomic mass is 10.2. The molecule has 1 unspecified atom stereocenters. The summed E-state index contributed by atoms with van der Waals surface area (Å²) in [6, 6.07) is 5.01. The normalized spacial score (nSPS) is 12.2. The van der Waals surface area contributed by atoms with Crippen LogP contribution in [-0.4, -0.2) is 17.5 Å². The lowest BCUT2D eigenvalue weighted by molar-refractivity contribution is -0.384. The molecule has 88 valence electrons. The zero-order chi connectivity index (χ0) is 12.1. The minimum atomic E-state index is -0.391. The van der Waals surface area contributed by atoms with Crippen LogP contribution >= 0.6 is 0 Å². The van der Waals surface area contributed by atoms with Gasteiger partial charge in [0.25, 0.3) is 5.69 Å². The molecular weight excluding hydrogens is 206 g/mol. The summed E-state index contributed by atoms with van der Waals surface area (Å²) in [5.41, 5.74) is 7.47. The van der Waals surface area contributed by atoms with E-state index in [-0.39, 0.29) is 11.7 Å². The number of nitrogens with zero attached hydrogens (tertiary/aromatic N) is 1. The Labute approximate surface area is 94.8 Å². The van der Waals surface area contributed by atoms with Crippen molar-refractivity contribution in [3.8, 4) is 0 Å². The molecule has 0 aromatic heterocycles. The topological polar surface area (TPSA) is 81.2 Å². The molecule has 0 fully saturated rings. The molecule has 5 nitrogen and oxygen atoms in total. The fourth-order valence-electron chi connectivity index (χ4n) is 1.36. The van der Waals surface area contributed by atoms with E-state index in [0.29, 0.717) is 6.54 Å². The summed E-state index contributed by atoms with van der Waals surface area (Å²) >= 11 is 0. The van der Waals surface area contributed by atoms with Crippen LogP contribution in [0, 0.1) is 17.0 Å². The number of benzene rings is 1. The Kier molecular flexibility index (Phi) is 4.25. The van der Waals surface area contributed by atoms with E-state index < -0.39 is 4.92 Å². The van der Waals surface area contributed by atoms with Gasteiger partial charge in [0.05, 0.1) is 4.92 Å². The van der Waals surface area contributed by atoms with Gasteiger partial charge >= 0.3 is 0 Å². The molecule has 3 N–H and O–H groups in total. The maximum atomic E-state index is 10.7. The number of aryl methyl sites for hydroxylation is 1. The van der Waals surface area contributed by atoms with Crippen molar-refractivity contribution in [1.82, 2.24) is 0 Å². The average Bonchev–Trinajstić information content (AvgIpc) is 2.25. The van der Waals surface area contributed by atoms with Gasteiger partial charge in [-0.25, -0.2) is 0 Å². The summed E-state index contributed by atoms with van der Waals surface area (Å²) in [6.45, 7) is 4.46. The summed E-state index contributed by atoms with van der Waals surface area (Å²) in [4.78, 5) is 10.3. The van der Waals surface area contributed by atoms with Crippen molar-refractivity contribution in [3.05, 3.63) is 33.9 Å². The molecule has 0 heterocycles. The third-order valence-corrected chi connectivity index (χ3v) is 2.37. The predicted octanol–water partition coefficient (Wildman–Crippen LogP) is 2.05. The van der Waals surface area contributed by atoms with Crippen molar-refractivity contribution in [2.75, 3.05) is 11.9 Å². The Morgan fingerprint density at radius 1 is 1.50 bits per heavy atom. The standard InChI is InChI=1S/C11H17N3O2/c1-3-9(12)7-13-10-4-8(2)5-11(6-10)14(15)16/h4-6,9,13H,3,7,12H2,1-2H3. The van der Waals surface area contributed by atoms with Gasteiger partial charge in [0.2, 0.25) is 0 Å². The second-order valence-electron chi connectivity index (χ2n) is 3.86. The van der Waals surface area contributed by atoms with Crippen LogP contribution in [-0.2, 0) is 0 Å². The molecule has 1 atom stereocenters. The minimum Gasteiger partial charge on any atom is -0.383 e. The van der Waals surface area contributed by atoms with Crippen LogP contribution in [0.2, 0.25) is 0 Å². The second kappa shape index (κ2) is 5.46. The molecule has 16 heavy (non-hydrogen) atoms. The van der Waals surface area contributed by atoms with Gasteiger partial charge in [-0.05, 0) is 25.0 Å². The first-order valence-electron chi connectivity index (χ1n) is 5.28. The molecule has 0 bridgehead atoms. The van der Waals surface area contributed by atoms with Crippen molar-refractivity contribution in [2.24, 2.45) is 5.73 Å². The molecule has 0 radical (unpaired) electrons. The maximum absolute atomic E-state index is 10.7. The molecule has 0 aliphatic rings. The van der Waals surface area contributed by atoms with Gasteiger partial charge in [0.1, 0.15) is 0 Å². The molecule has 0 amide bonds. The molecule has 0 aliphatic heterocycles. The Balaban J connectivity index is 2.76. The molecule has 0 spiro atoms. The number of nitrogens with two attached hydrogens (primary N) is 1. The van der Waals surface area contributed by atoms with E-state index in [0.717, 1.165) is 17.7 Å². The monoisotopic (exact) mass is 223 g/mol. The Hall–Kier alpha value is -1.62. The molecule has 0 saturated heterocycles. The van der Waals surface area contributed by atoms with E-state index in [1.807, 2.05) is 19.9 Å². The van der Waals surface area contributed by atoms with Crippen LogP contribution in [0.5, 0.6) is 0 Å². The van der Waals surface area contributed by atoms with E-state index in [2.05, 4.69) is 5.32 Å². The SMILES string of the molecule is CCC(N)CNc1cc(C)cc([N+](=O)[O-])c1. The Morgan fingerprint density at radius 3 is 2.75 bits per heavy atom. The molecular formula is C11H17N3O2. The lowest BCUT2D eigenvalue weighted by Crippen LogP contribution is -2.28. The first kappa shape index (κ1) is 12.4. The zero-order valence-corrected chi connectivity index (χ0v) is 9.56. The average molecular weight is 223 g/mol. The summed E-state index contributed by atoms with van der Waals surface area (Å²) in [7, 11) is 0. The highest BCUT2D eigenvalue weighted by Crippen LogP contribution is 2.20. The third-order valence-electron chi connectivity index (χ3n) is 2.37. The highest BCUT2D eigenvalue weighted by Gasteiger charge is 2.08. The van der Waals surface area contributed by atoms with Crippen molar-refractivity contribution >= 4 is 11.4 Å². The first-order chi connectivity index (χ1) is 7.52. The van der Waals surface area contributed by atoms with Crippen LogP contribution in [0.15, 0.2) is 18.2 Å². The fraction of sp³-hybridized carbons (Fsp3) is 0.455. The fourth-order valence-corrected chi connectivity index (χ4v) is 1.36. The van der Waals surface area contributed by atoms with Crippen molar-refractivity contribution in [3.63, 3.8) is 0 Å². The van der Waals surface area contributed by atoms with E-state index in [1.165, 1.54) is 6.07 Å². The van der Waals surface area contributed by atoms with Gasteiger partial charge in [0.15, 0.2) is 0 Å². The lowest BCUT2D eigenvalue weighted by Gasteiger charge is -2.11. The molecule has 0 aliphatic carbocycles. The van der Waals surface area contributed by atoms with E-state index >= 15 is 0 Å². The number of anilines is 1. The molecule has 1 aromatic carbocycles. The van der Waals surface area contributed by atoms with Gasteiger partial charge in [0, 0.05) is 30.4 Å². The van der Waals surface area contributed by atoms with Gasteiger partial charge in [-0.3, -0.25) is 10.1 Å². The van der Waals surface area contributed by atoms with Crippen LogP contribution in [0.3, 0.4) is 0 Å². The van der Waals surface area contributed by atoms with Gasteiger partial charge in [-0.2, -0.15) is 0 Å². The number of hydrogen-bond donors (Lipinski definition) is 2. The summed E-state index contributed by atoms with van der Waals surface area (Å²) in [5.74, 6) is 0. The van der Waals surface area contributed by atoms with Gasteiger partial charge in [-0.1, -0.05) is 6.92 Å². The molecule has 0 saturated carbocycles. The van der Waals surface area contributed by atoms with Gasteiger partial charge < -0.3 is 11.1 Å². The number of nitro groups is 1. The smallest absolute Gasteiger partial charge is 0.271 e. The quantitative estimate of drug-likeness (QED) is 0.591. The summed E-state index contributed by atoms with van der Waals surface area (Å²) in [5, 5.41) is 13.8. The summed E-state index contributed by atoms with van der Waals surface area (Å²) in [6.07, 6.45) is 0.876.